The lowest BCUT2D eigenvalue weighted by atomic mass is 10.0. The Balaban J connectivity index is 1.35. The molecule has 2 atom stereocenters. The zero-order chi connectivity index (χ0) is 17.9. The molecule has 7 nitrogen and oxygen atoms in total. The highest BCUT2D eigenvalue weighted by Gasteiger charge is 2.36. The number of carbonyl (C=O) groups is 1. The van der Waals surface area contributed by atoms with Crippen LogP contribution in [0.2, 0.25) is 0 Å². The van der Waals surface area contributed by atoms with E-state index in [1.165, 1.54) is 5.56 Å². The Morgan fingerprint density at radius 1 is 1.27 bits per heavy atom. The molecule has 1 N–H and O–H groups in total. The number of piperazine rings is 1. The highest BCUT2D eigenvalue weighted by molar-refractivity contribution is 5.91. The Kier molecular flexibility index (Phi) is 5.01. The number of benzene rings is 1. The SMILES string of the molecule is Cn1cc(NC(=O)CN2CCN3[C@@H](COC[C@@H]3c3ccccc3)C2)cn1. The van der Waals surface area contributed by atoms with Crippen LogP contribution in [0.4, 0.5) is 5.69 Å². The quantitative estimate of drug-likeness (QED) is 0.890. The monoisotopic (exact) mass is 355 g/mol. The van der Waals surface area contributed by atoms with Crippen LogP contribution >= 0.6 is 0 Å². The van der Waals surface area contributed by atoms with Crippen LogP contribution in [0, 0.1) is 0 Å². The third-order valence-electron chi connectivity index (χ3n) is 5.14. The van der Waals surface area contributed by atoms with Gasteiger partial charge in [-0.05, 0) is 5.56 Å². The second kappa shape index (κ2) is 7.57. The highest BCUT2D eigenvalue weighted by atomic mass is 16.5. The number of amides is 1. The van der Waals surface area contributed by atoms with Crippen LogP contribution in [0.15, 0.2) is 42.7 Å². The zero-order valence-corrected chi connectivity index (χ0v) is 15.0. The maximum atomic E-state index is 12.3. The molecule has 1 aromatic carbocycles. The smallest absolute Gasteiger partial charge is 0.238 e. The second-order valence-corrected chi connectivity index (χ2v) is 7.04. The third kappa shape index (κ3) is 3.80. The van der Waals surface area contributed by atoms with Gasteiger partial charge in [0.05, 0.1) is 37.7 Å². The van der Waals surface area contributed by atoms with Crippen molar-refractivity contribution in [2.45, 2.75) is 12.1 Å². The van der Waals surface area contributed by atoms with Crippen molar-refractivity contribution in [1.29, 1.82) is 0 Å². The minimum atomic E-state index is 0.00258. The number of aromatic nitrogens is 2. The molecule has 1 amide bonds. The molecule has 4 rings (SSSR count). The van der Waals surface area contributed by atoms with E-state index in [9.17, 15) is 4.79 Å². The third-order valence-corrected chi connectivity index (χ3v) is 5.14. The fourth-order valence-electron chi connectivity index (χ4n) is 3.90. The molecule has 2 aliphatic heterocycles. The number of morpholine rings is 1. The first-order valence-electron chi connectivity index (χ1n) is 9.08. The average molecular weight is 355 g/mol. The summed E-state index contributed by atoms with van der Waals surface area (Å²) in [5, 5.41) is 6.98. The van der Waals surface area contributed by atoms with Gasteiger partial charge in [0, 0.05) is 38.9 Å². The first-order chi connectivity index (χ1) is 12.7. The van der Waals surface area contributed by atoms with E-state index in [-0.39, 0.29) is 5.91 Å². The molecule has 0 aliphatic carbocycles. The molecule has 1 aromatic heterocycles. The summed E-state index contributed by atoms with van der Waals surface area (Å²) in [6.07, 6.45) is 3.46. The lowest BCUT2D eigenvalue weighted by Gasteiger charge is -2.48. The first-order valence-corrected chi connectivity index (χ1v) is 9.08. The molecule has 2 saturated heterocycles. The summed E-state index contributed by atoms with van der Waals surface area (Å²) in [6.45, 7) is 4.55. The van der Waals surface area contributed by atoms with Gasteiger partial charge in [0.2, 0.25) is 5.91 Å². The van der Waals surface area contributed by atoms with E-state index in [1.54, 1.807) is 17.1 Å². The van der Waals surface area contributed by atoms with Gasteiger partial charge >= 0.3 is 0 Å². The van der Waals surface area contributed by atoms with Gasteiger partial charge in [-0.2, -0.15) is 5.10 Å². The summed E-state index contributed by atoms with van der Waals surface area (Å²) in [6, 6.07) is 11.2. The van der Waals surface area contributed by atoms with Crippen LogP contribution in [0.1, 0.15) is 11.6 Å². The van der Waals surface area contributed by atoms with E-state index < -0.39 is 0 Å². The van der Waals surface area contributed by atoms with Crippen molar-refractivity contribution >= 4 is 11.6 Å². The van der Waals surface area contributed by atoms with Crippen LogP contribution in [0.3, 0.4) is 0 Å². The van der Waals surface area contributed by atoms with Gasteiger partial charge in [0.25, 0.3) is 0 Å². The van der Waals surface area contributed by atoms with Gasteiger partial charge in [-0.15, -0.1) is 0 Å². The van der Waals surface area contributed by atoms with Crippen molar-refractivity contribution in [2.75, 3.05) is 44.7 Å². The van der Waals surface area contributed by atoms with E-state index in [1.807, 2.05) is 13.1 Å². The number of aryl methyl sites for hydroxylation is 1. The first kappa shape index (κ1) is 17.2. The summed E-state index contributed by atoms with van der Waals surface area (Å²) in [7, 11) is 1.83. The van der Waals surface area contributed by atoms with Crippen LogP contribution in [0.5, 0.6) is 0 Å². The van der Waals surface area contributed by atoms with Gasteiger partial charge in [0.15, 0.2) is 0 Å². The molecular formula is C19H25N5O2. The fourth-order valence-corrected chi connectivity index (χ4v) is 3.90. The van der Waals surface area contributed by atoms with Crippen LogP contribution in [-0.4, -0.2) is 70.9 Å². The number of rotatable bonds is 4. The molecule has 2 fully saturated rings. The van der Waals surface area contributed by atoms with Crippen LogP contribution < -0.4 is 5.32 Å². The Morgan fingerprint density at radius 2 is 2.12 bits per heavy atom. The Hall–Kier alpha value is -2.22. The normalized spacial score (nSPS) is 24.2. The number of nitrogens with one attached hydrogen (secondary N) is 1. The average Bonchev–Trinajstić information content (AvgIpc) is 3.06. The van der Waals surface area contributed by atoms with Gasteiger partial charge in [-0.1, -0.05) is 30.3 Å². The van der Waals surface area contributed by atoms with Crippen molar-refractivity contribution in [3.63, 3.8) is 0 Å². The maximum Gasteiger partial charge on any atom is 0.238 e. The molecule has 2 aromatic rings. The van der Waals surface area contributed by atoms with E-state index in [0.29, 0.717) is 18.6 Å². The topological polar surface area (TPSA) is 62.6 Å². The Labute approximate surface area is 153 Å². The van der Waals surface area contributed by atoms with Crippen molar-refractivity contribution in [1.82, 2.24) is 19.6 Å². The van der Waals surface area contributed by atoms with E-state index in [4.69, 9.17) is 4.74 Å². The van der Waals surface area contributed by atoms with Gasteiger partial charge in [-0.25, -0.2) is 0 Å². The molecular weight excluding hydrogens is 330 g/mol. The van der Waals surface area contributed by atoms with Crippen molar-refractivity contribution < 1.29 is 9.53 Å². The molecule has 138 valence electrons. The molecule has 0 saturated carbocycles. The largest absolute Gasteiger partial charge is 0.378 e. The molecule has 3 heterocycles. The number of hydrogen-bond acceptors (Lipinski definition) is 5. The molecule has 2 aliphatic rings. The number of nitrogens with zero attached hydrogens (tertiary/aromatic N) is 4. The zero-order valence-electron chi connectivity index (χ0n) is 15.0. The summed E-state index contributed by atoms with van der Waals surface area (Å²) in [4.78, 5) is 17.0. The summed E-state index contributed by atoms with van der Waals surface area (Å²) in [5.41, 5.74) is 2.04. The highest BCUT2D eigenvalue weighted by Crippen LogP contribution is 2.29. The number of anilines is 1. The maximum absolute atomic E-state index is 12.3. The minimum Gasteiger partial charge on any atom is -0.378 e. The Morgan fingerprint density at radius 3 is 2.88 bits per heavy atom. The molecule has 7 heteroatoms. The van der Waals surface area contributed by atoms with E-state index >= 15 is 0 Å². The molecule has 0 bridgehead atoms. The minimum absolute atomic E-state index is 0.00258. The van der Waals surface area contributed by atoms with Crippen LogP contribution in [0.25, 0.3) is 0 Å². The van der Waals surface area contributed by atoms with Crippen molar-refractivity contribution in [3.05, 3.63) is 48.3 Å². The summed E-state index contributed by atoms with van der Waals surface area (Å²) in [5.74, 6) is 0.00258. The summed E-state index contributed by atoms with van der Waals surface area (Å²) >= 11 is 0. The number of carbonyl (C=O) groups excluding carboxylic acids is 1. The van der Waals surface area contributed by atoms with Crippen LogP contribution in [-0.2, 0) is 16.6 Å². The fraction of sp³-hybridized carbons (Fsp3) is 0.474. The predicted molar refractivity (Wildman–Crippen MR) is 98.8 cm³/mol. The molecule has 0 spiro atoms. The van der Waals surface area contributed by atoms with Crippen molar-refractivity contribution in [3.8, 4) is 0 Å². The molecule has 0 radical (unpaired) electrons. The number of fused-ring (bicyclic) bond motifs is 1. The Bertz CT molecular complexity index is 747. The van der Waals surface area contributed by atoms with Gasteiger partial charge in [0.1, 0.15) is 0 Å². The summed E-state index contributed by atoms with van der Waals surface area (Å²) < 4.78 is 7.56. The number of hydrogen-bond donors (Lipinski definition) is 1. The predicted octanol–water partition coefficient (Wildman–Crippen LogP) is 1.12. The van der Waals surface area contributed by atoms with Crippen molar-refractivity contribution in [2.24, 2.45) is 7.05 Å². The lowest BCUT2D eigenvalue weighted by molar-refractivity contribution is -0.120. The standard InChI is InChI=1S/C19H25N5O2/c1-22-10-16(9-20-22)21-19(25)12-23-7-8-24-17(11-23)13-26-14-18(24)15-5-3-2-4-6-15/h2-6,9-10,17-18H,7-8,11-14H2,1H3,(H,21,25)/t17-,18-/m1/s1. The van der Waals surface area contributed by atoms with Gasteiger partial charge in [-0.3, -0.25) is 19.3 Å². The van der Waals surface area contributed by atoms with Gasteiger partial charge < -0.3 is 10.1 Å². The second-order valence-electron chi connectivity index (χ2n) is 7.04. The number of ether oxygens (including phenoxy) is 1. The van der Waals surface area contributed by atoms with E-state index in [2.05, 4.69) is 44.5 Å². The molecule has 0 unspecified atom stereocenters. The lowest BCUT2D eigenvalue weighted by Crippen LogP contribution is -2.59. The van der Waals surface area contributed by atoms with E-state index in [0.717, 1.165) is 38.5 Å². The molecule has 26 heavy (non-hydrogen) atoms.